The predicted molar refractivity (Wildman–Crippen MR) is 151 cm³/mol. The van der Waals surface area contributed by atoms with Crippen molar-refractivity contribution in [3.8, 4) is 28.1 Å². The molecule has 4 aromatic rings. The van der Waals surface area contributed by atoms with Crippen molar-refractivity contribution in [2.75, 3.05) is 20.2 Å². The van der Waals surface area contributed by atoms with Gasteiger partial charge in [0.05, 0.1) is 24.1 Å². The van der Waals surface area contributed by atoms with Crippen molar-refractivity contribution in [3.05, 3.63) is 54.0 Å². The molecule has 4 rings (SSSR count). The number of nitrogens with zero attached hydrogens (tertiary/aromatic N) is 3. The third-order valence-corrected chi connectivity index (χ3v) is 7.33. The molecule has 0 saturated carbocycles. The molecule has 0 saturated heterocycles. The third kappa shape index (κ3) is 6.22. The standard InChI is InChI=1S/C30H41N5O2/c1-19(2)21(4)35(7)13-8-14-37-24-11-9-22(10-12-24)28-25(15-30(5,6)36)27-20(3)26(18-31-29(27)34-28)23-16-32-33-17-23/h9-12,16-19,21,36H,8,13-15H2,1-7H3,(H,31,34)(H,32,33). The Bertz CT molecular complexity index is 1300. The van der Waals surface area contributed by atoms with Gasteiger partial charge in [-0.15, -0.1) is 0 Å². The molecule has 0 radical (unpaired) electrons. The number of pyridine rings is 1. The van der Waals surface area contributed by atoms with E-state index in [9.17, 15) is 5.11 Å². The van der Waals surface area contributed by atoms with Crippen molar-refractivity contribution in [3.63, 3.8) is 0 Å². The van der Waals surface area contributed by atoms with Gasteiger partial charge in [0.2, 0.25) is 0 Å². The number of fused-ring (bicyclic) bond motifs is 1. The van der Waals surface area contributed by atoms with E-state index in [1.807, 2.05) is 38.4 Å². The number of aliphatic hydroxyl groups is 1. The summed E-state index contributed by atoms with van der Waals surface area (Å²) < 4.78 is 6.04. The first-order valence-corrected chi connectivity index (χ1v) is 13.2. The first-order chi connectivity index (χ1) is 17.5. The van der Waals surface area contributed by atoms with Gasteiger partial charge >= 0.3 is 0 Å². The minimum Gasteiger partial charge on any atom is -0.494 e. The average Bonchev–Trinajstić information content (AvgIpc) is 3.50. The number of aromatic amines is 2. The van der Waals surface area contributed by atoms with E-state index >= 15 is 0 Å². The van der Waals surface area contributed by atoms with Gasteiger partial charge in [0, 0.05) is 47.9 Å². The lowest BCUT2D eigenvalue weighted by Gasteiger charge is -2.27. The topological polar surface area (TPSA) is 90.1 Å². The highest BCUT2D eigenvalue weighted by molar-refractivity contribution is 5.94. The van der Waals surface area contributed by atoms with Crippen LogP contribution >= 0.6 is 0 Å². The van der Waals surface area contributed by atoms with Crippen LogP contribution in [0.25, 0.3) is 33.4 Å². The Morgan fingerprint density at radius 2 is 1.81 bits per heavy atom. The maximum atomic E-state index is 10.8. The van der Waals surface area contributed by atoms with E-state index in [1.165, 1.54) is 0 Å². The quantitative estimate of drug-likeness (QED) is 0.219. The zero-order chi connectivity index (χ0) is 26.7. The molecule has 7 heteroatoms. The van der Waals surface area contributed by atoms with Crippen LogP contribution in [0.1, 0.15) is 52.2 Å². The van der Waals surface area contributed by atoms with Gasteiger partial charge in [-0.1, -0.05) is 13.8 Å². The lowest BCUT2D eigenvalue weighted by Crippen LogP contribution is -2.34. The van der Waals surface area contributed by atoms with Crippen molar-refractivity contribution < 1.29 is 9.84 Å². The van der Waals surface area contributed by atoms with Crippen molar-refractivity contribution in [2.24, 2.45) is 5.92 Å². The van der Waals surface area contributed by atoms with Crippen LogP contribution in [-0.2, 0) is 6.42 Å². The minimum atomic E-state index is -0.870. The molecule has 1 atom stereocenters. The fourth-order valence-electron chi connectivity index (χ4n) is 4.87. The number of benzene rings is 1. The van der Waals surface area contributed by atoms with Crippen molar-refractivity contribution >= 4 is 11.0 Å². The Labute approximate surface area is 220 Å². The summed E-state index contributed by atoms with van der Waals surface area (Å²) in [5.41, 5.74) is 6.17. The van der Waals surface area contributed by atoms with E-state index in [1.54, 1.807) is 6.20 Å². The van der Waals surface area contributed by atoms with Crippen LogP contribution in [0.3, 0.4) is 0 Å². The molecule has 37 heavy (non-hydrogen) atoms. The normalized spacial score (nSPS) is 13.1. The molecule has 0 aliphatic heterocycles. The van der Waals surface area contributed by atoms with E-state index < -0.39 is 5.60 Å². The number of nitrogens with one attached hydrogen (secondary N) is 2. The zero-order valence-electron chi connectivity index (χ0n) is 23.2. The molecule has 1 unspecified atom stereocenters. The largest absolute Gasteiger partial charge is 0.494 e. The van der Waals surface area contributed by atoms with Crippen molar-refractivity contribution in [2.45, 2.75) is 66.0 Å². The number of aryl methyl sites for hydroxylation is 1. The summed E-state index contributed by atoms with van der Waals surface area (Å²) >= 11 is 0. The lowest BCUT2D eigenvalue weighted by atomic mass is 9.92. The Morgan fingerprint density at radius 1 is 1.08 bits per heavy atom. The maximum absolute atomic E-state index is 10.8. The first-order valence-electron chi connectivity index (χ1n) is 13.2. The second kappa shape index (κ2) is 11.1. The second-order valence-corrected chi connectivity index (χ2v) is 11.2. The first kappa shape index (κ1) is 26.9. The van der Waals surface area contributed by atoms with Gasteiger partial charge in [-0.25, -0.2) is 4.98 Å². The van der Waals surface area contributed by atoms with E-state index in [0.717, 1.165) is 63.3 Å². The van der Waals surface area contributed by atoms with Crippen LogP contribution < -0.4 is 4.74 Å². The average molecular weight is 504 g/mol. The molecule has 0 aliphatic carbocycles. The summed E-state index contributed by atoms with van der Waals surface area (Å²) in [6.45, 7) is 14.3. The second-order valence-electron chi connectivity index (χ2n) is 11.2. The fraction of sp³-hybridized carbons (Fsp3) is 0.467. The van der Waals surface area contributed by atoms with Crippen LogP contribution in [0, 0.1) is 12.8 Å². The molecule has 7 nitrogen and oxygen atoms in total. The Kier molecular flexibility index (Phi) is 8.05. The van der Waals surface area contributed by atoms with Gasteiger partial charge in [-0.05, 0) is 88.0 Å². The predicted octanol–water partition coefficient (Wildman–Crippen LogP) is 5.99. The number of aromatic nitrogens is 4. The van der Waals surface area contributed by atoms with Crippen LogP contribution in [0.2, 0.25) is 0 Å². The van der Waals surface area contributed by atoms with E-state index in [0.29, 0.717) is 25.0 Å². The van der Waals surface area contributed by atoms with E-state index in [4.69, 9.17) is 9.72 Å². The highest BCUT2D eigenvalue weighted by Gasteiger charge is 2.24. The SMILES string of the molecule is Cc1c(-c2cn[nH]c2)cnc2[nH]c(-c3ccc(OCCCN(C)C(C)C(C)C)cc3)c(CC(C)(C)O)c12. The Morgan fingerprint density at radius 3 is 2.43 bits per heavy atom. The Hall–Kier alpha value is -3.16. The van der Waals surface area contributed by atoms with E-state index in [-0.39, 0.29) is 0 Å². The molecule has 198 valence electrons. The van der Waals surface area contributed by atoms with Crippen LogP contribution in [0.15, 0.2) is 42.9 Å². The lowest BCUT2D eigenvalue weighted by molar-refractivity contribution is 0.0814. The monoisotopic (exact) mass is 503 g/mol. The molecule has 3 heterocycles. The van der Waals surface area contributed by atoms with Gasteiger partial charge in [0.1, 0.15) is 11.4 Å². The number of hydrogen-bond donors (Lipinski definition) is 3. The summed E-state index contributed by atoms with van der Waals surface area (Å²) in [5, 5.41) is 18.8. The summed E-state index contributed by atoms with van der Waals surface area (Å²) in [7, 11) is 2.18. The smallest absolute Gasteiger partial charge is 0.138 e. The molecule has 0 bridgehead atoms. The highest BCUT2D eigenvalue weighted by atomic mass is 16.5. The zero-order valence-corrected chi connectivity index (χ0v) is 23.2. The minimum absolute atomic E-state index is 0.500. The maximum Gasteiger partial charge on any atom is 0.138 e. The van der Waals surface area contributed by atoms with Crippen molar-refractivity contribution in [1.29, 1.82) is 0 Å². The fourth-order valence-corrected chi connectivity index (χ4v) is 4.87. The molecule has 3 N–H and O–H groups in total. The molecule has 0 aliphatic rings. The summed E-state index contributed by atoms with van der Waals surface area (Å²) in [6.07, 6.45) is 7.05. The third-order valence-electron chi connectivity index (χ3n) is 7.33. The number of hydrogen-bond acceptors (Lipinski definition) is 5. The Balaban J connectivity index is 1.56. The number of H-pyrrole nitrogens is 2. The van der Waals surface area contributed by atoms with Crippen molar-refractivity contribution in [1.82, 2.24) is 25.1 Å². The number of rotatable bonds is 11. The molecular formula is C30H41N5O2. The van der Waals surface area contributed by atoms with Crippen LogP contribution in [-0.4, -0.2) is 62.0 Å². The molecule has 1 aromatic carbocycles. The van der Waals surface area contributed by atoms with E-state index in [2.05, 4.69) is 67.0 Å². The molecular weight excluding hydrogens is 462 g/mol. The summed E-state index contributed by atoms with van der Waals surface area (Å²) in [6, 6.07) is 8.75. The summed E-state index contributed by atoms with van der Waals surface area (Å²) in [5.74, 6) is 1.50. The van der Waals surface area contributed by atoms with Gasteiger partial charge < -0.3 is 19.7 Å². The highest BCUT2D eigenvalue weighted by Crippen LogP contribution is 2.37. The molecule has 0 fully saturated rings. The van der Waals surface area contributed by atoms with Gasteiger partial charge in [0.15, 0.2) is 0 Å². The van der Waals surface area contributed by atoms with Gasteiger partial charge in [0.25, 0.3) is 0 Å². The van der Waals surface area contributed by atoms with Gasteiger partial charge in [-0.2, -0.15) is 5.10 Å². The molecule has 0 spiro atoms. The van der Waals surface area contributed by atoms with Crippen LogP contribution in [0.4, 0.5) is 0 Å². The van der Waals surface area contributed by atoms with Crippen LogP contribution in [0.5, 0.6) is 5.75 Å². The summed E-state index contributed by atoms with van der Waals surface area (Å²) in [4.78, 5) is 10.7. The molecule has 3 aromatic heterocycles. The number of ether oxygens (including phenoxy) is 1. The van der Waals surface area contributed by atoms with Gasteiger partial charge in [-0.3, -0.25) is 5.10 Å². The molecule has 0 amide bonds.